The first-order chi connectivity index (χ1) is 9.16. The number of carbonyl (C=O) groups is 1. The van der Waals surface area contributed by atoms with Crippen molar-refractivity contribution in [1.29, 1.82) is 0 Å². The van der Waals surface area contributed by atoms with Gasteiger partial charge in [-0.3, -0.25) is 9.69 Å². The molecule has 1 atom stereocenters. The highest BCUT2D eigenvalue weighted by Gasteiger charge is 2.26. The van der Waals surface area contributed by atoms with Crippen molar-refractivity contribution in [3.8, 4) is 0 Å². The van der Waals surface area contributed by atoms with Gasteiger partial charge in [0.2, 0.25) is 5.91 Å². The summed E-state index contributed by atoms with van der Waals surface area (Å²) in [4.78, 5) is 16.7. The topological polar surface area (TPSA) is 35.6 Å². The first-order valence-corrected chi connectivity index (χ1v) is 7.89. The van der Waals surface area contributed by atoms with E-state index in [0.717, 1.165) is 44.7 Å². The smallest absolute Gasteiger partial charge is 0.223 e. The van der Waals surface area contributed by atoms with Gasteiger partial charge in [0.25, 0.3) is 0 Å². The average molecular weight is 304 g/mol. The molecule has 2 aliphatic rings. The van der Waals surface area contributed by atoms with E-state index in [1.807, 2.05) is 4.90 Å². The number of nitrogens with zero attached hydrogens (tertiary/aromatic N) is 2. The largest absolute Gasteiger partial charge is 0.340 e. The van der Waals surface area contributed by atoms with Crippen LogP contribution in [0.3, 0.4) is 0 Å². The summed E-state index contributed by atoms with van der Waals surface area (Å²) in [7, 11) is 0. The highest BCUT2D eigenvalue weighted by Crippen LogP contribution is 2.23. The summed E-state index contributed by atoms with van der Waals surface area (Å²) in [6.45, 7) is 10.4. The standard InChI is InChI=1S/C15H29N3O.ClH/c1-13(2)12-14-4-3-8-17(14)9-5-15(19)18-10-6-16-7-11-18;/h13-14,16H,3-12H2,1-2H3;1H. The van der Waals surface area contributed by atoms with Crippen LogP contribution in [0.4, 0.5) is 0 Å². The molecule has 2 rings (SSSR count). The first-order valence-electron chi connectivity index (χ1n) is 7.89. The van der Waals surface area contributed by atoms with Crippen molar-refractivity contribution in [2.24, 2.45) is 5.92 Å². The summed E-state index contributed by atoms with van der Waals surface area (Å²) in [5.41, 5.74) is 0. The maximum atomic E-state index is 12.2. The molecule has 0 radical (unpaired) electrons. The number of hydrogen-bond acceptors (Lipinski definition) is 3. The summed E-state index contributed by atoms with van der Waals surface area (Å²) in [5, 5.41) is 3.29. The fraction of sp³-hybridized carbons (Fsp3) is 0.933. The lowest BCUT2D eigenvalue weighted by molar-refractivity contribution is -0.132. The van der Waals surface area contributed by atoms with Gasteiger partial charge in [0.1, 0.15) is 0 Å². The van der Waals surface area contributed by atoms with Crippen LogP contribution in [0.25, 0.3) is 0 Å². The van der Waals surface area contributed by atoms with Crippen molar-refractivity contribution in [3.63, 3.8) is 0 Å². The number of nitrogens with one attached hydrogen (secondary N) is 1. The minimum absolute atomic E-state index is 0. The third-order valence-electron chi connectivity index (χ3n) is 4.33. The van der Waals surface area contributed by atoms with Gasteiger partial charge in [-0.2, -0.15) is 0 Å². The molecule has 0 aromatic carbocycles. The minimum atomic E-state index is 0. The number of rotatable bonds is 5. The Kier molecular flexibility index (Phi) is 7.85. The van der Waals surface area contributed by atoms with Gasteiger partial charge in [-0.15, -0.1) is 12.4 Å². The zero-order chi connectivity index (χ0) is 13.7. The van der Waals surface area contributed by atoms with Crippen LogP contribution in [0, 0.1) is 5.92 Å². The van der Waals surface area contributed by atoms with E-state index in [9.17, 15) is 4.79 Å². The SMILES string of the molecule is CC(C)CC1CCCN1CCC(=O)N1CCNCC1.Cl. The minimum Gasteiger partial charge on any atom is -0.340 e. The van der Waals surface area contributed by atoms with Gasteiger partial charge in [0, 0.05) is 45.2 Å². The Balaban J connectivity index is 0.00000200. The van der Waals surface area contributed by atoms with E-state index in [0.29, 0.717) is 12.3 Å². The third kappa shape index (κ3) is 5.23. The fourth-order valence-corrected chi connectivity index (χ4v) is 3.31. The Hall–Kier alpha value is -0.320. The molecular formula is C15H30ClN3O. The molecule has 0 aromatic rings. The predicted octanol–water partition coefficient (Wildman–Crippen LogP) is 1.74. The van der Waals surface area contributed by atoms with Gasteiger partial charge in [0.05, 0.1) is 0 Å². The number of hydrogen-bond donors (Lipinski definition) is 1. The fourth-order valence-electron chi connectivity index (χ4n) is 3.31. The van der Waals surface area contributed by atoms with Gasteiger partial charge < -0.3 is 10.2 Å². The second-order valence-electron chi connectivity index (χ2n) is 6.34. The zero-order valence-electron chi connectivity index (χ0n) is 12.9. The molecule has 2 fully saturated rings. The van der Waals surface area contributed by atoms with Crippen LogP contribution < -0.4 is 5.32 Å². The predicted molar refractivity (Wildman–Crippen MR) is 85.4 cm³/mol. The van der Waals surface area contributed by atoms with Crippen molar-refractivity contribution in [2.75, 3.05) is 39.3 Å². The van der Waals surface area contributed by atoms with Crippen molar-refractivity contribution >= 4 is 18.3 Å². The molecular weight excluding hydrogens is 274 g/mol. The van der Waals surface area contributed by atoms with Crippen molar-refractivity contribution in [1.82, 2.24) is 15.1 Å². The molecule has 1 unspecified atom stereocenters. The Morgan fingerprint density at radius 3 is 2.60 bits per heavy atom. The molecule has 2 aliphatic heterocycles. The molecule has 0 saturated carbocycles. The maximum absolute atomic E-state index is 12.2. The van der Waals surface area contributed by atoms with Crippen molar-refractivity contribution < 1.29 is 4.79 Å². The van der Waals surface area contributed by atoms with Crippen LogP contribution in [0.15, 0.2) is 0 Å². The van der Waals surface area contributed by atoms with E-state index in [2.05, 4.69) is 24.1 Å². The maximum Gasteiger partial charge on any atom is 0.223 e. The quantitative estimate of drug-likeness (QED) is 0.840. The van der Waals surface area contributed by atoms with E-state index in [-0.39, 0.29) is 12.4 Å². The highest BCUT2D eigenvalue weighted by atomic mass is 35.5. The molecule has 1 amide bonds. The molecule has 0 bridgehead atoms. The number of likely N-dealkylation sites (tertiary alicyclic amines) is 1. The second kappa shape index (κ2) is 8.85. The zero-order valence-corrected chi connectivity index (χ0v) is 13.8. The summed E-state index contributed by atoms with van der Waals surface area (Å²) in [6, 6.07) is 0.718. The molecule has 1 N–H and O–H groups in total. The van der Waals surface area contributed by atoms with Crippen LogP contribution in [-0.2, 0) is 4.79 Å². The summed E-state index contributed by atoms with van der Waals surface area (Å²) >= 11 is 0. The molecule has 20 heavy (non-hydrogen) atoms. The van der Waals surface area contributed by atoms with E-state index < -0.39 is 0 Å². The highest BCUT2D eigenvalue weighted by molar-refractivity contribution is 5.85. The number of halogens is 1. The number of piperazine rings is 1. The number of carbonyl (C=O) groups excluding carboxylic acids is 1. The Morgan fingerprint density at radius 1 is 1.25 bits per heavy atom. The molecule has 2 saturated heterocycles. The molecule has 118 valence electrons. The van der Waals surface area contributed by atoms with Crippen LogP contribution in [-0.4, -0.2) is 61.0 Å². The van der Waals surface area contributed by atoms with Crippen LogP contribution in [0.1, 0.15) is 39.5 Å². The Bertz CT molecular complexity index is 293. The molecule has 4 nitrogen and oxygen atoms in total. The van der Waals surface area contributed by atoms with E-state index in [1.54, 1.807) is 0 Å². The molecule has 2 heterocycles. The molecule has 0 aliphatic carbocycles. The Morgan fingerprint density at radius 2 is 1.95 bits per heavy atom. The summed E-state index contributed by atoms with van der Waals surface area (Å²) < 4.78 is 0. The molecule has 0 aromatic heterocycles. The van der Waals surface area contributed by atoms with E-state index in [4.69, 9.17) is 0 Å². The van der Waals surface area contributed by atoms with Crippen molar-refractivity contribution in [2.45, 2.75) is 45.6 Å². The lowest BCUT2D eigenvalue weighted by Crippen LogP contribution is -2.47. The van der Waals surface area contributed by atoms with Crippen LogP contribution >= 0.6 is 12.4 Å². The lowest BCUT2D eigenvalue weighted by atomic mass is 10.0. The molecule has 5 heteroatoms. The average Bonchev–Trinajstić information content (AvgIpc) is 2.83. The van der Waals surface area contributed by atoms with Crippen LogP contribution in [0.2, 0.25) is 0 Å². The van der Waals surface area contributed by atoms with Gasteiger partial charge in [0.15, 0.2) is 0 Å². The van der Waals surface area contributed by atoms with E-state index >= 15 is 0 Å². The summed E-state index contributed by atoms with van der Waals surface area (Å²) in [6.07, 6.45) is 4.61. The molecule has 0 spiro atoms. The van der Waals surface area contributed by atoms with Gasteiger partial charge in [-0.1, -0.05) is 13.8 Å². The lowest BCUT2D eigenvalue weighted by Gasteiger charge is -2.30. The van der Waals surface area contributed by atoms with Crippen molar-refractivity contribution in [3.05, 3.63) is 0 Å². The first kappa shape index (κ1) is 17.7. The van der Waals surface area contributed by atoms with Crippen LogP contribution in [0.5, 0.6) is 0 Å². The summed E-state index contributed by atoms with van der Waals surface area (Å²) in [5.74, 6) is 1.10. The monoisotopic (exact) mass is 303 g/mol. The Labute approximate surface area is 129 Å². The van der Waals surface area contributed by atoms with E-state index in [1.165, 1.54) is 25.8 Å². The second-order valence-corrected chi connectivity index (χ2v) is 6.34. The van der Waals surface area contributed by atoms with Gasteiger partial charge >= 0.3 is 0 Å². The van der Waals surface area contributed by atoms with Gasteiger partial charge in [-0.05, 0) is 31.7 Å². The van der Waals surface area contributed by atoms with Gasteiger partial charge in [-0.25, -0.2) is 0 Å². The normalized spacial score (nSPS) is 23.9. The number of amides is 1. The third-order valence-corrected chi connectivity index (χ3v) is 4.33.